The molecule has 0 spiro atoms. The Hall–Kier alpha value is -2.41. The first-order valence-electron chi connectivity index (χ1n) is 8.29. The number of non-ortho nitro benzene ring substituents is 1. The van der Waals surface area contributed by atoms with Gasteiger partial charge < -0.3 is 10.1 Å². The van der Waals surface area contributed by atoms with E-state index in [9.17, 15) is 14.9 Å². The smallest absolute Gasteiger partial charge is 0.269 e. The van der Waals surface area contributed by atoms with E-state index in [1.807, 2.05) is 18.2 Å². The summed E-state index contributed by atoms with van der Waals surface area (Å²) in [6.45, 7) is 5.83. The third-order valence-corrected chi connectivity index (χ3v) is 4.81. The summed E-state index contributed by atoms with van der Waals surface area (Å²) in [4.78, 5) is 22.4. The number of hydrogen-bond acceptors (Lipinski definition) is 4. The zero-order valence-electron chi connectivity index (χ0n) is 14.9. The SMILES string of the molecule is CCC(C)c1ccc(OCC(=O)Nc2ccc([N+](=O)[O-])cc2C)c(Br)c1. The van der Waals surface area contributed by atoms with Crippen LogP contribution in [0.15, 0.2) is 40.9 Å². The molecule has 0 aliphatic heterocycles. The molecule has 1 N–H and O–H groups in total. The van der Waals surface area contributed by atoms with Crippen molar-refractivity contribution in [1.82, 2.24) is 0 Å². The van der Waals surface area contributed by atoms with Gasteiger partial charge in [-0.25, -0.2) is 0 Å². The molecule has 0 fully saturated rings. The molecule has 1 atom stereocenters. The minimum Gasteiger partial charge on any atom is -0.483 e. The number of ether oxygens (including phenoxy) is 1. The number of rotatable bonds is 7. The van der Waals surface area contributed by atoms with Crippen LogP contribution < -0.4 is 10.1 Å². The molecule has 0 aliphatic rings. The molecule has 0 aliphatic carbocycles. The Kier molecular flexibility index (Phi) is 6.74. The number of amides is 1. The van der Waals surface area contributed by atoms with Gasteiger partial charge in [-0.1, -0.05) is 19.9 Å². The number of nitrogens with zero attached hydrogens (tertiary/aromatic N) is 1. The van der Waals surface area contributed by atoms with Crippen LogP contribution in [0.25, 0.3) is 0 Å². The van der Waals surface area contributed by atoms with Gasteiger partial charge in [0.1, 0.15) is 5.75 Å². The van der Waals surface area contributed by atoms with Crippen molar-refractivity contribution in [2.24, 2.45) is 0 Å². The second-order valence-electron chi connectivity index (χ2n) is 6.09. The molecule has 2 aromatic carbocycles. The van der Waals surface area contributed by atoms with Crippen LogP contribution in [0.2, 0.25) is 0 Å². The first-order chi connectivity index (χ1) is 12.3. The molecule has 0 radical (unpaired) electrons. The van der Waals surface area contributed by atoms with Gasteiger partial charge in [-0.2, -0.15) is 0 Å². The molecule has 2 aromatic rings. The Morgan fingerprint density at radius 3 is 2.62 bits per heavy atom. The van der Waals surface area contributed by atoms with E-state index in [0.717, 1.165) is 10.9 Å². The van der Waals surface area contributed by atoms with Gasteiger partial charge in [0.2, 0.25) is 0 Å². The average Bonchev–Trinajstić information content (AvgIpc) is 2.61. The van der Waals surface area contributed by atoms with Gasteiger partial charge in [0.15, 0.2) is 6.61 Å². The summed E-state index contributed by atoms with van der Waals surface area (Å²) in [7, 11) is 0. The van der Waals surface area contributed by atoms with Crippen molar-refractivity contribution in [3.8, 4) is 5.75 Å². The van der Waals surface area contributed by atoms with Gasteiger partial charge in [-0.05, 0) is 64.5 Å². The maximum absolute atomic E-state index is 12.1. The number of carbonyl (C=O) groups excluding carboxylic acids is 1. The molecule has 2 rings (SSSR count). The predicted molar refractivity (Wildman–Crippen MR) is 105 cm³/mol. The van der Waals surface area contributed by atoms with Crippen molar-refractivity contribution in [1.29, 1.82) is 0 Å². The van der Waals surface area contributed by atoms with Gasteiger partial charge in [-0.3, -0.25) is 14.9 Å². The van der Waals surface area contributed by atoms with Crippen LogP contribution in [0, 0.1) is 17.0 Å². The molecule has 138 valence electrons. The second-order valence-corrected chi connectivity index (χ2v) is 6.95. The van der Waals surface area contributed by atoms with Crippen molar-refractivity contribution in [3.63, 3.8) is 0 Å². The summed E-state index contributed by atoms with van der Waals surface area (Å²) in [5, 5.41) is 13.5. The maximum Gasteiger partial charge on any atom is 0.269 e. The molecule has 26 heavy (non-hydrogen) atoms. The zero-order chi connectivity index (χ0) is 19.3. The number of nitro benzene ring substituents is 1. The van der Waals surface area contributed by atoms with Gasteiger partial charge in [0.25, 0.3) is 11.6 Å². The van der Waals surface area contributed by atoms with E-state index in [0.29, 0.717) is 22.9 Å². The lowest BCUT2D eigenvalue weighted by Crippen LogP contribution is -2.20. The zero-order valence-corrected chi connectivity index (χ0v) is 16.5. The van der Waals surface area contributed by atoms with Crippen LogP contribution in [0.3, 0.4) is 0 Å². The average molecular weight is 421 g/mol. The van der Waals surface area contributed by atoms with Gasteiger partial charge >= 0.3 is 0 Å². The lowest BCUT2D eigenvalue weighted by molar-refractivity contribution is -0.384. The summed E-state index contributed by atoms with van der Waals surface area (Å²) in [6, 6.07) is 10.1. The van der Waals surface area contributed by atoms with Crippen molar-refractivity contribution in [2.75, 3.05) is 11.9 Å². The summed E-state index contributed by atoms with van der Waals surface area (Å²) in [5.74, 6) is 0.709. The number of halogens is 1. The fourth-order valence-electron chi connectivity index (χ4n) is 2.41. The molecular formula is C19H21BrN2O4. The van der Waals surface area contributed by atoms with E-state index in [-0.39, 0.29) is 18.2 Å². The summed E-state index contributed by atoms with van der Waals surface area (Å²) < 4.78 is 6.37. The number of benzene rings is 2. The van der Waals surface area contributed by atoms with E-state index in [4.69, 9.17) is 4.74 Å². The van der Waals surface area contributed by atoms with E-state index in [2.05, 4.69) is 35.1 Å². The first-order valence-corrected chi connectivity index (χ1v) is 9.08. The number of aryl methyl sites for hydroxylation is 1. The Bertz CT molecular complexity index is 823. The van der Waals surface area contributed by atoms with Crippen LogP contribution in [0.4, 0.5) is 11.4 Å². The number of anilines is 1. The topological polar surface area (TPSA) is 81.5 Å². The van der Waals surface area contributed by atoms with Crippen molar-refractivity contribution in [3.05, 3.63) is 62.1 Å². The third kappa shape index (κ3) is 5.05. The first kappa shape index (κ1) is 19.9. The molecule has 0 bridgehead atoms. The molecule has 0 saturated heterocycles. The number of carbonyl (C=O) groups is 1. The Balaban J connectivity index is 1.98. The van der Waals surface area contributed by atoms with Crippen LogP contribution >= 0.6 is 15.9 Å². The number of nitrogens with one attached hydrogen (secondary N) is 1. The fourth-order valence-corrected chi connectivity index (χ4v) is 2.92. The highest BCUT2D eigenvalue weighted by Gasteiger charge is 2.12. The Morgan fingerprint density at radius 1 is 1.31 bits per heavy atom. The molecule has 1 amide bonds. The van der Waals surface area contributed by atoms with Crippen LogP contribution in [0.1, 0.15) is 37.3 Å². The van der Waals surface area contributed by atoms with E-state index < -0.39 is 4.92 Å². The highest BCUT2D eigenvalue weighted by atomic mass is 79.9. The third-order valence-electron chi connectivity index (χ3n) is 4.19. The van der Waals surface area contributed by atoms with Gasteiger partial charge in [-0.15, -0.1) is 0 Å². The Morgan fingerprint density at radius 2 is 2.04 bits per heavy atom. The van der Waals surface area contributed by atoms with Crippen LogP contribution in [-0.4, -0.2) is 17.4 Å². The largest absolute Gasteiger partial charge is 0.483 e. The summed E-state index contributed by atoms with van der Waals surface area (Å²) in [6.07, 6.45) is 1.05. The second kappa shape index (κ2) is 8.80. The quantitative estimate of drug-likeness (QED) is 0.492. The van der Waals surface area contributed by atoms with Crippen molar-refractivity contribution < 1.29 is 14.5 Å². The minimum absolute atomic E-state index is 0.0120. The summed E-state index contributed by atoms with van der Waals surface area (Å²) in [5.41, 5.74) is 2.33. The Labute approximate surface area is 160 Å². The highest BCUT2D eigenvalue weighted by molar-refractivity contribution is 9.10. The normalized spacial score (nSPS) is 11.7. The van der Waals surface area contributed by atoms with Gasteiger partial charge in [0, 0.05) is 17.8 Å². The molecule has 0 heterocycles. The lowest BCUT2D eigenvalue weighted by atomic mass is 9.99. The van der Waals surface area contributed by atoms with Crippen molar-refractivity contribution in [2.45, 2.75) is 33.1 Å². The lowest BCUT2D eigenvalue weighted by Gasteiger charge is -2.13. The molecule has 6 nitrogen and oxygen atoms in total. The molecule has 1 unspecified atom stereocenters. The fraction of sp³-hybridized carbons (Fsp3) is 0.316. The van der Waals surface area contributed by atoms with E-state index >= 15 is 0 Å². The van der Waals surface area contributed by atoms with E-state index in [1.54, 1.807) is 6.92 Å². The van der Waals surface area contributed by atoms with E-state index in [1.165, 1.54) is 23.8 Å². The monoisotopic (exact) mass is 420 g/mol. The van der Waals surface area contributed by atoms with Crippen LogP contribution in [0.5, 0.6) is 5.75 Å². The minimum atomic E-state index is -0.470. The summed E-state index contributed by atoms with van der Waals surface area (Å²) >= 11 is 3.47. The van der Waals surface area contributed by atoms with Crippen molar-refractivity contribution >= 4 is 33.2 Å². The highest BCUT2D eigenvalue weighted by Crippen LogP contribution is 2.30. The van der Waals surface area contributed by atoms with Crippen LogP contribution in [-0.2, 0) is 4.79 Å². The molecule has 0 saturated carbocycles. The maximum atomic E-state index is 12.1. The number of hydrogen-bond donors (Lipinski definition) is 1. The number of nitro groups is 1. The van der Waals surface area contributed by atoms with Gasteiger partial charge in [0.05, 0.1) is 9.40 Å². The molecule has 0 aromatic heterocycles. The standard InChI is InChI=1S/C19H21BrN2O4/c1-4-12(2)14-5-8-18(16(20)10-14)26-11-19(23)21-17-7-6-15(22(24)25)9-13(17)3/h5-10,12H,4,11H2,1-3H3,(H,21,23). The molecule has 7 heteroatoms. The molecular weight excluding hydrogens is 400 g/mol. The predicted octanol–water partition coefficient (Wildman–Crippen LogP) is 5.20.